The predicted octanol–water partition coefficient (Wildman–Crippen LogP) is 2.82. The number of nitrogens with zero attached hydrogens (tertiary/aromatic N) is 4. The fraction of sp³-hybridized carbons (Fsp3) is 0.562. The van der Waals surface area contributed by atoms with Crippen molar-refractivity contribution in [2.45, 2.75) is 40.2 Å². The van der Waals surface area contributed by atoms with Crippen molar-refractivity contribution >= 4 is 17.2 Å². The van der Waals surface area contributed by atoms with Crippen molar-refractivity contribution in [3.05, 3.63) is 33.8 Å². The van der Waals surface area contributed by atoms with E-state index in [9.17, 15) is 4.79 Å². The molecule has 0 aromatic carbocycles. The summed E-state index contributed by atoms with van der Waals surface area (Å²) >= 11 is 1.51. The SMILES string of the molecule is Cc1nc(C)c(C(=O)N2CCC(Cn3ccnc3C)CC2)s1. The highest BCUT2D eigenvalue weighted by molar-refractivity contribution is 7.13. The third-order valence-corrected chi connectivity index (χ3v) is 5.44. The molecular weight excluding hydrogens is 296 g/mol. The maximum absolute atomic E-state index is 12.6. The second-order valence-corrected chi connectivity index (χ2v) is 7.21. The molecule has 22 heavy (non-hydrogen) atoms. The van der Waals surface area contributed by atoms with Gasteiger partial charge in [0.2, 0.25) is 0 Å². The van der Waals surface area contributed by atoms with Gasteiger partial charge in [-0.05, 0) is 39.5 Å². The Bertz CT molecular complexity index is 667. The van der Waals surface area contributed by atoms with Crippen LogP contribution in [-0.2, 0) is 6.54 Å². The van der Waals surface area contributed by atoms with Gasteiger partial charge in [-0.25, -0.2) is 9.97 Å². The maximum atomic E-state index is 12.6. The number of amides is 1. The van der Waals surface area contributed by atoms with Gasteiger partial charge >= 0.3 is 0 Å². The number of imidazole rings is 1. The molecule has 1 aliphatic rings. The van der Waals surface area contributed by atoms with Crippen LogP contribution < -0.4 is 0 Å². The van der Waals surface area contributed by atoms with Crippen LogP contribution in [0.25, 0.3) is 0 Å². The highest BCUT2D eigenvalue weighted by Crippen LogP contribution is 2.24. The number of hydrogen-bond donors (Lipinski definition) is 0. The fourth-order valence-corrected chi connectivity index (χ4v) is 3.95. The average molecular weight is 318 g/mol. The Balaban J connectivity index is 1.58. The molecule has 0 N–H and O–H groups in total. The van der Waals surface area contributed by atoms with Crippen LogP contribution in [0.2, 0.25) is 0 Å². The maximum Gasteiger partial charge on any atom is 0.265 e. The van der Waals surface area contributed by atoms with Gasteiger partial charge in [0.05, 0.1) is 10.7 Å². The Kier molecular flexibility index (Phi) is 4.29. The number of hydrogen-bond acceptors (Lipinski definition) is 4. The summed E-state index contributed by atoms with van der Waals surface area (Å²) in [5.41, 5.74) is 0.865. The van der Waals surface area contributed by atoms with Crippen molar-refractivity contribution < 1.29 is 4.79 Å². The molecule has 1 saturated heterocycles. The lowest BCUT2D eigenvalue weighted by molar-refractivity contribution is 0.0686. The molecule has 118 valence electrons. The minimum atomic E-state index is 0.153. The molecule has 3 heterocycles. The summed E-state index contributed by atoms with van der Waals surface area (Å²) < 4.78 is 2.21. The Labute approximate surface area is 135 Å². The lowest BCUT2D eigenvalue weighted by atomic mass is 9.96. The largest absolute Gasteiger partial charge is 0.338 e. The van der Waals surface area contributed by atoms with Gasteiger partial charge in [-0.15, -0.1) is 11.3 Å². The van der Waals surface area contributed by atoms with E-state index in [-0.39, 0.29) is 5.91 Å². The van der Waals surface area contributed by atoms with Crippen LogP contribution in [0.15, 0.2) is 12.4 Å². The first-order valence-electron chi connectivity index (χ1n) is 7.75. The van der Waals surface area contributed by atoms with Crippen molar-refractivity contribution in [2.24, 2.45) is 5.92 Å². The molecule has 0 atom stereocenters. The Morgan fingerprint density at radius 2 is 2.05 bits per heavy atom. The van der Waals surface area contributed by atoms with Gasteiger partial charge in [0, 0.05) is 32.0 Å². The molecular formula is C16H22N4OS. The third-order valence-electron chi connectivity index (χ3n) is 4.38. The van der Waals surface area contributed by atoms with Crippen LogP contribution in [0.1, 0.15) is 39.0 Å². The van der Waals surface area contributed by atoms with Crippen molar-refractivity contribution in [3.8, 4) is 0 Å². The van der Waals surface area contributed by atoms with E-state index in [0.717, 1.165) is 53.9 Å². The van der Waals surface area contributed by atoms with Crippen LogP contribution in [-0.4, -0.2) is 38.4 Å². The van der Waals surface area contributed by atoms with E-state index in [1.807, 2.05) is 38.1 Å². The average Bonchev–Trinajstić information content (AvgIpc) is 3.05. The lowest BCUT2D eigenvalue weighted by Gasteiger charge is -2.32. The summed E-state index contributed by atoms with van der Waals surface area (Å²) in [4.78, 5) is 24.0. The van der Waals surface area contributed by atoms with Gasteiger partial charge in [0.25, 0.3) is 5.91 Å². The van der Waals surface area contributed by atoms with Gasteiger partial charge < -0.3 is 9.47 Å². The van der Waals surface area contributed by atoms with Crippen LogP contribution in [0.3, 0.4) is 0 Å². The van der Waals surface area contributed by atoms with Gasteiger partial charge in [-0.2, -0.15) is 0 Å². The van der Waals surface area contributed by atoms with Crippen molar-refractivity contribution in [2.75, 3.05) is 13.1 Å². The molecule has 0 spiro atoms. The second kappa shape index (κ2) is 6.20. The summed E-state index contributed by atoms with van der Waals surface area (Å²) in [6.07, 6.45) is 6.00. The number of thiazole rings is 1. The van der Waals surface area contributed by atoms with E-state index in [1.165, 1.54) is 11.3 Å². The van der Waals surface area contributed by atoms with Crippen LogP contribution >= 0.6 is 11.3 Å². The summed E-state index contributed by atoms with van der Waals surface area (Å²) in [5, 5.41) is 0.964. The number of aromatic nitrogens is 3. The summed E-state index contributed by atoms with van der Waals surface area (Å²) in [6, 6.07) is 0. The molecule has 0 aliphatic carbocycles. The lowest BCUT2D eigenvalue weighted by Crippen LogP contribution is -2.39. The van der Waals surface area contributed by atoms with E-state index in [2.05, 4.69) is 14.5 Å². The van der Waals surface area contributed by atoms with Crippen LogP contribution in [0.4, 0.5) is 0 Å². The first kappa shape index (κ1) is 15.2. The minimum absolute atomic E-state index is 0.153. The highest BCUT2D eigenvalue weighted by Gasteiger charge is 2.26. The third kappa shape index (κ3) is 3.06. The molecule has 2 aromatic heterocycles. The molecule has 0 saturated carbocycles. The van der Waals surface area contributed by atoms with E-state index in [4.69, 9.17) is 0 Å². The second-order valence-electron chi connectivity index (χ2n) is 6.01. The molecule has 2 aromatic rings. The van der Waals surface area contributed by atoms with Gasteiger partial charge in [0.1, 0.15) is 10.7 Å². The molecule has 0 unspecified atom stereocenters. The van der Waals surface area contributed by atoms with Crippen molar-refractivity contribution in [1.82, 2.24) is 19.4 Å². The standard InChI is InChI=1S/C16H22N4OS/c1-11-15(22-13(3)18-11)16(21)19-7-4-14(5-8-19)10-20-9-6-17-12(20)2/h6,9,14H,4-5,7-8,10H2,1-3H3. The number of piperidine rings is 1. The van der Waals surface area contributed by atoms with Crippen molar-refractivity contribution in [1.29, 1.82) is 0 Å². The smallest absolute Gasteiger partial charge is 0.265 e. The fourth-order valence-electron chi connectivity index (χ4n) is 3.07. The first-order chi connectivity index (χ1) is 10.5. The summed E-state index contributed by atoms with van der Waals surface area (Å²) in [6.45, 7) is 8.60. The van der Waals surface area contributed by atoms with Gasteiger partial charge in [0.15, 0.2) is 0 Å². The van der Waals surface area contributed by atoms with E-state index < -0.39 is 0 Å². The van der Waals surface area contributed by atoms with Gasteiger partial charge in [-0.1, -0.05) is 0 Å². The zero-order valence-corrected chi connectivity index (χ0v) is 14.2. The van der Waals surface area contributed by atoms with E-state index in [1.54, 1.807) is 0 Å². The molecule has 5 nitrogen and oxygen atoms in total. The normalized spacial score (nSPS) is 16.2. The van der Waals surface area contributed by atoms with Crippen LogP contribution in [0, 0.1) is 26.7 Å². The molecule has 0 bridgehead atoms. The number of carbonyl (C=O) groups excluding carboxylic acids is 1. The molecule has 1 amide bonds. The van der Waals surface area contributed by atoms with Gasteiger partial charge in [-0.3, -0.25) is 4.79 Å². The van der Waals surface area contributed by atoms with E-state index in [0.29, 0.717) is 5.92 Å². The molecule has 0 radical (unpaired) electrons. The van der Waals surface area contributed by atoms with E-state index >= 15 is 0 Å². The first-order valence-corrected chi connectivity index (χ1v) is 8.57. The zero-order valence-electron chi connectivity index (χ0n) is 13.4. The number of rotatable bonds is 3. The number of carbonyl (C=O) groups is 1. The topological polar surface area (TPSA) is 51.0 Å². The number of aryl methyl sites for hydroxylation is 3. The zero-order chi connectivity index (χ0) is 15.7. The molecule has 3 rings (SSSR count). The minimum Gasteiger partial charge on any atom is -0.338 e. The molecule has 6 heteroatoms. The predicted molar refractivity (Wildman–Crippen MR) is 87.2 cm³/mol. The highest BCUT2D eigenvalue weighted by atomic mass is 32.1. The molecule has 1 fully saturated rings. The quantitative estimate of drug-likeness (QED) is 0.874. The van der Waals surface area contributed by atoms with Crippen molar-refractivity contribution in [3.63, 3.8) is 0 Å². The summed E-state index contributed by atoms with van der Waals surface area (Å²) in [5.74, 6) is 1.84. The number of likely N-dealkylation sites (tertiary alicyclic amines) is 1. The summed E-state index contributed by atoms with van der Waals surface area (Å²) in [7, 11) is 0. The van der Waals surface area contributed by atoms with Crippen LogP contribution in [0.5, 0.6) is 0 Å². The monoisotopic (exact) mass is 318 g/mol. The Morgan fingerprint density at radius 1 is 1.32 bits per heavy atom. The molecule has 1 aliphatic heterocycles. The Morgan fingerprint density at radius 3 is 2.59 bits per heavy atom. The Hall–Kier alpha value is -1.69.